The Balaban J connectivity index is 1.15. The van der Waals surface area contributed by atoms with Gasteiger partial charge in [0.25, 0.3) is 11.1 Å². The molecule has 6 nitrogen and oxygen atoms in total. The number of nitrogens with zero attached hydrogens (tertiary/aromatic N) is 3. The minimum Gasteiger partial charge on any atom is -0.489 e. The van der Waals surface area contributed by atoms with Crippen LogP contribution in [0, 0.1) is 6.92 Å². The second-order valence-electron chi connectivity index (χ2n) is 9.04. The van der Waals surface area contributed by atoms with Gasteiger partial charge in [-0.05, 0) is 60.2 Å². The van der Waals surface area contributed by atoms with Crippen molar-refractivity contribution in [3.63, 3.8) is 0 Å². The summed E-state index contributed by atoms with van der Waals surface area (Å²) >= 11 is 1.01. The second kappa shape index (κ2) is 11.0. The van der Waals surface area contributed by atoms with Crippen molar-refractivity contribution in [1.29, 1.82) is 0 Å². The number of thioether (sulfide) groups is 1. The van der Waals surface area contributed by atoms with Gasteiger partial charge >= 0.3 is 0 Å². The van der Waals surface area contributed by atoms with Crippen LogP contribution < -0.4 is 9.64 Å². The maximum absolute atomic E-state index is 13.0. The molecule has 0 unspecified atom stereocenters. The van der Waals surface area contributed by atoms with Crippen LogP contribution in [0.5, 0.6) is 5.75 Å². The van der Waals surface area contributed by atoms with E-state index in [1.165, 1.54) is 16.2 Å². The van der Waals surface area contributed by atoms with Crippen molar-refractivity contribution >= 4 is 34.7 Å². The number of amides is 2. The summed E-state index contributed by atoms with van der Waals surface area (Å²) < 4.78 is 5.83. The number of aryl methyl sites for hydroxylation is 1. The topological polar surface area (TPSA) is 53.1 Å². The molecular weight excluding hydrogens is 470 g/mol. The normalized spacial score (nSPS) is 17.8. The highest BCUT2D eigenvalue weighted by Gasteiger charge is 2.36. The molecule has 0 saturated carbocycles. The Morgan fingerprint density at radius 3 is 2.25 bits per heavy atom. The largest absolute Gasteiger partial charge is 0.489 e. The number of hydrogen-bond acceptors (Lipinski definition) is 6. The van der Waals surface area contributed by atoms with E-state index in [1.807, 2.05) is 54.6 Å². The number of rotatable bonds is 7. The molecule has 2 aliphatic rings. The van der Waals surface area contributed by atoms with Gasteiger partial charge in [-0.15, -0.1) is 0 Å². The number of benzene rings is 3. The van der Waals surface area contributed by atoms with Gasteiger partial charge in [-0.2, -0.15) is 0 Å². The van der Waals surface area contributed by atoms with Crippen molar-refractivity contribution in [3.05, 3.63) is 100 Å². The molecule has 0 bridgehead atoms. The number of piperazine rings is 1. The molecule has 5 rings (SSSR count). The van der Waals surface area contributed by atoms with Gasteiger partial charge in [0.2, 0.25) is 0 Å². The van der Waals surface area contributed by atoms with Crippen LogP contribution in [-0.2, 0) is 11.4 Å². The predicted molar refractivity (Wildman–Crippen MR) is 145 cm³/mol. The molecule has 3 aromatic carbocycles. The van der Waals surface area contributed by atoms with E-state index in [0.717, 1.165) is 54.8 Å². The molecule has 2 aliphatic heterocycles. The van der Waals surface area contributed by atoms with E-state index in [2.05, 4.69) is 41.0 Å². The first-order valence-corrected chi connectivity index (χ1v) is 12.9. The number of hydrogen-bond donors (Lipinski definition) is 0. The average molecular weight is 500 g/mol. The fraction of sp³-hybridized carbons (Fsp3) is 0.241. The zero-order valence-corrected chi connectivity index (χ0v) is 21.1. The zero-order valence-electron chi connectivity index (χ0n) is 20.3. The van der Waals surface area contributed by atoms with E-state index < -0.39 is 0 Å². The number of ether oxygens (including phenoxy) is 1. The van der Waals surface area contributed by atoms with Crippen molar-refractivity contribution in [2.24, 2.45) is 0 Å². The molecule has 3 aromatic rings. The summed E-state index contributed by atoms with van der Waals surface area (Å²) in [5.41, 5.74) is 4.43. The van der Waals surface area contributed by atoms with E-state index in [1.54, 1.807) is 6.08 Å². The van der Waals surface area contributed by atoms with Crippen LogP contribution in [0.3, 0.4) is 0 Å². The molecule has 2 saturated heterocycles. The number of carbonyl (C=O) groups excluding carboxylic acids is 2. The van der Waals surface area contributed by atoms with Gasteiger partial charge in [0, 0.05) is 31.9 Å². The quantitative estimate of drug-likeness (QED) is 0.406. The van der Waals surface area contributed by atoms with Crippen molar-refractivity contribution < 1.29 is 14.3 Å². The minimum atomic E-state index is -0.227. The molecule has 0 radical (unpaired) electrons. The van der Waals surface area contributed by atoms with Crippen molar-refractivity contribution in [3.8, 4) is 5.75 Å². The third-order valence-electron chi connectivity index (χ3n) is 6.41. The van der Waals surface area contributed by atoms with Crippen LogP contribution in [0.25, 0.3) is 6.08 Å². The van der Waals surface area contributed by atoms with Gasteiger partial charge < -0.3 is 9.64 Å². The lowest BCUT2D eigenvalue weighted by atomic mass is 10.2. The highest BCUT2D eigenvalue weighted by molar-refractivity contribution is 8.18. The molecule has 2 fully saturated rings. The lowest BCUT2D eigenvalue weighted by molar-refractivity contribution is -0.124. The molecule has 0 aliphatic carbocycles. The van der Waals surface area contributed by atoms with Crippen molar-refractivity contribution in [1.82, 2.24) is 9.80 Å². The van der Waals surface area contributed by atoms with Gasteiger partial charge in [0.05, 0.1) is 11.6 Å². The first kappa shape index (κ1) is 24.2. The van der Waals surface area contributed by atoms with Crippen molar-refractivity contribution in [2.75, 3.05) is 37.7 Å². The zero-order chi connectivity index (χ0) is 24.9. The molecule has 36 heavy (non-hydrogen) atoms. The SMILES string of the molecule is Cc1ccc(N2CCN(CN3C(=O)SC(=Cc4ccc(OCc5ccccc5)cc4)C3=O)CC2)cc1. The molecular formula is C29H29N3O3S. The summed E-state index contributed by atoms with van der Waals surface area (Å²) in [6.07, 6.45) is 1.78. The second-order valence-corrected chi connectivity index (χ2v) is 10.0. The summed E-state index contributed by atoms with van der Waals surface area (Å²) in [6.45, 7) is 6.26. The van der Waals surface area contributed by atoms with E-state index >= 15 is 0 Å². The Morgan fingerprint density at radius 1 is 0.861 bits per heavy atom. The molecule has 2 amide bonds. The lowest BCUT2D eigenvalue weighted by Crippen LogP contribution is -2.50. The Bertz CT molecular complexity index is 1240. The van der Waals surface area contributed by atoms with Crippen LogP contribution in [0.15, 0.2) is 83.8 Å². The highest BCUT2D eigenvalue weighted by Crippen LogP contribution is 2.33. The molecule has 184 valence electrons. The van der Waals surface area contributed by atoms with Gasteiger partial charge in [-0.3, -0.25) is 19.4 Å². The van der Waals surface area contributed by atoms with Crippen LogP contribution >= 0.6 is 11.8 Å². The lowest BCUT2D eigenvalue weighted by Gasteiger charge is -2.37. The van der Waals surface area contributed by atoms with Gasteiger partial charge in [-0.1, -0.05) is 60.2 Å². The maximum atomic E-state index is 13.0. The number of imide groups is 1. The third kappa shape index (κ3) is 5.80. The Hall–Kier alpha value is -3.55. The summed E-state index contributed by atoms with van der Waals surface area (Å²) in [6, 6.07) is 26.1. The van der Waals surface area contributed by atoms with Gasteiger partial charge in [0.15, 0.2) is 0 Å². The van der Waals surface area contributed by atoms with E-state index in [4.69, 9.17) is 4.74 Å². The van der Waals surface area contributed by atoms with Gasteiger partial charge in [-0.25, -0.2) is 0 Å². The summed E-state index contributed by atoms with van der Waals surface area (Å²) in [5.74, 6) is 0.532. The van der Waals surface area contributed by atoms with E-state index in [0.29, 0.717) is 18.2 Å². The van der Waals surface area contributed by atoms with Crippen LogP contribution in [0.4, 0.5) is 10.5 Å². The summed E-state index contributed by atoms with van der Waals surface area (Å²) in [4.78, 5) is 31.9. The number of anilines is 1. The Labute approximate surface area is 216 Å². The summed E-state index contributed by atoms with van der Waals surface area (Å²) in [5, 5.41) is -0.213. The average Bonchev–Trinajstić information content (AvgIpc) is 3.17. The van der Waals surface area contributed by atoms with Crippen LogP contribution in [0.2, 0.25) is 0 Å². The Morgan fingerprint density at radius 2 is 1.56 bits per heavy atom. The smallest absolute Gasteiger partial charge is 0.294 e. The predicted octanol–water partition coefficient (Wildman–Crippen LogP) is 5.39. The third-order valence-corrected chi connectivity index (χ3v) is 7.32. The van der Waals surface area contributed by atoms with E-state index in [-0.39, 0.29) is 11.1 Å². The van der Waals surface area contributed by atoms with E-state index in [9.17, 15) is 9.59 Å². The fourth-order valence-electron chi connectivity index (χ4n) is 4.28. The fourth-order valence-corrected chi connectivity index (χ4v) is 5.11. The molecule has 2 heterocycles. The number of carbonyl (C=O) groups is 2. The highest BCUT2D eigenvalue weighted by atomic mass is 32.2. The maximum Gasteiger partial charge on any atom is 0.294 e. The van der Waals surface area contributed by atoms with Crippen molar-refractivity contribution in [2.45, 2.75) is 13.5 Å². The van der Waals surface area contributed by atoms with Crippen LogP contribution in [0.1, 0.15) is 16.7 Å². The molecule has 7 heteroatoms. The molecule has 0 N–H and O–H groups in total. The monoisotopic (exact) mass is 499 g/mol. The van der Waals surface area contributed by atoms with Crippen LogP contribution in [-0.4, -0.2) is 53.8 Å². The molecule has 0 aromatic heterocycles. The molecule has 0 spiro atoms. The first-order valence-electron chi connectivity index (χ1n) is 12.1. The minimum absolute atomic E-state index is 0.213. The summed E-state index contributed by atoms with van der Waals surface area (Å²) in [7, 11) is 0. The van der Waals surface area contributed by atoms with Gasteiger partial charge in [0.1, 0.15) is 12.4 Å². The first-order chi connectivity index (χ1) is 17.5. The standard InChI is InChI=1S/C29H29N3O3S/c1-22-7-11-25(12-8-22)31-17-15-30(16-18-31)21-32-28(33)27(36-29(32)34)19-23-9-13-26(14-10-23)35-20-24-5-3-2-4-6-24/h2-14,19H,15-18,20-21H2,1H3. The molecule has 0 atom stereocenters. The Kier molecular flexibility index (Phi) is 7.39.